The van der Waals surface area contributed by atoms with E-state index in [1.807, 2.05) is 0 Å². The summed E-state index contributed by atoms with van der Waals surface area (Å²) in [4.78, 5) is 3.36. The van der Waals surface area contributed by atoms with Crippen molar-refractivity contribution in [3.63, 3.8) is 0 Å². The molecule has 0 saturated heterocycles. The molecule has 1 aromatic heterocycles. The van der Waals surface area contributed by atoms with Crippen LogP contribution in [-0.4, -0.2) is 11.6 Å². The third-order valence-electron chi connectivity index (χ3n) is 1.80. The number of aromatic nitrogens is 1. The van der Waals surface area contributed by atoms with Crippen LogP contribution in [0.25, 0.3) is 10.9 Å². The number of benzene rings is 1. The Morgan fingerprint density at radius 1 is 1.27 bits per heavy atom. The highest BCUT2D eigenvalue weighted by atomic mass is 31.1. The van der Waals surface area contributed by atoms with Crippen LogP contribution in [0.1, 0.15) is 0 Å². The van der Waals surface area contributed by atoms with E-state index >= 15 is 0 Å². The molecule has 1 N–H and O–H groups in total. The van der Waals surface area contributed by atoms with Crippen LogP contribution in [0.2, 0.25) is 0 Å². The maximum absolute atomic E-state index is 3.36. The van der Waals surface area contributed by atoms with Crippen LogP contribution in [0.5, 0.6) is 0 Å². The van der Waals surface area contributed by atoms with E-state index in [-0.39, 0.29) is 0 Å². The normalized spacial score (nSPS) is 11.7. The van der Waals surface area contributed by atoms with Crippen molar-refractivity contribution >= 4 is 24.9 Å². The Labute approximate surface area is 67.6 Å². The summed E-state index contributed by atoms with van der Waals surface area (Å²) in [5.41, 5.74) is 2.59. The number of fused-ring (bicyclic) bond motifs is 1. The fourth-order valence-corrected chi connectivity index (χ4v) is 1.77. The van der Waals surface area contributed by atoms with E-state index in [1.54, 1.807) is 0 Å². The average molecular weight is 163 g/mol. The molecular weight excluding hydrogens is 153 g/mol. The second-order valence-electron chi connectivity index (χ2n) is 2.52. The van der Waals surface area contributed by atoms with Crippen LogP contribution >= 0.6 is 8.58 Å². The van der Waals surface area contributed by atoms with Crippen molar-refractivity contribution in [1.82, 2.24) is 4.98 Å². The third kappa shape index (κ3) is 1.17. The van der Waals surface area contributed by atoms with Gasteiger partial charge in [-0.05, 0) is 18.8 Å². The first-order chi connectivity index (χ1) is 5.40. The molecule has 1 heterocycles. The van der Waals surface area contributed by atoms with Gasteiger partial charge in [0.1, 0.15) is 0 Å². The molecule has 2 rings (SSSR count). The van der Waals surface area contributed by atoms with E-state index in [0.29, 0.717) is 0 Å². The van der Waals surface area contributed by atoms with Gasteiger partial charge in [-0.25, -0.2) is 0 Å². The fraction of sp³-hybridized carbons (Fsp3) is 0.111. The smallest absolute Gasteiger partial charge is 0.0458 e. The number of hydrogen-bond acceptors (Lipinski definition) is 0. The number of H-pyrrole nitrogens is 1. The van der Waals surface area contributed by atoms with Crippen molar-refractivity contribution in [3.05, 3.63) is 30.3 Å². The lowest BCUT2D eigenvalue weighted by atomic mass is 10.3. The molecule has 1 nitrogen and oxygen atoms in total. The molecule has 1 unspecified atom stereocenters. The number of nitrogens with one attached hydrogen (secondary N) is 1. The molecular formula is C9H10NP. The molecule has 0 aliphatic carbocycles. The first-order valence-corrected chi connectivity index (χ1v) is 5.15. The molecule has 1 atom stereocenters. The van der Waals surface area contributed by atoms with Crippen molar-refractivity contribution in [2.75, 3.05) is 6.66 Å². The molecule has 56 valence electrons. The van der Waals surface area contributed by atoms with Crippen LogP contribution < -0.4 is 5.44 Å². The van der Waals surface area contributed by atoms with Gasteiger partial charge in [-0.15, -0.1) is 0 Å². The zero-order chi connectivity index (χ0) is 7.68. The van der Waals surface area contributed by atoms with Crippen LogP contribution in [0.4, 0.5) is 0 Å². The average Bonchev–Trinajstić information content (AvgIpc) is 2.46. The highest BCUT2D eigenvalue weighted by molar-refractivity contribution is 7.46. The minimum Gasteiger partial charge on any atom is -0.355 e. The summed E-state index contributed by atoms with van der Waals surface area (Å²) in [6.07, 6.45) is 0. The topological polar surface area (TPSA) is 15.8 Å². The minimum absolute atomic E-state index is 0.858. The van der Waals surface area contributed by atoms with Crippen LogP contribution in [0.3, 0.4) is 0 Å². The number of para-hydroxylation sites is 1. The van der Waals surface area contributed by atoms with Crippen molar-refractivity contribution in [3.8, 4) is 0 Å². The number of aromatic amines is 1. The van der Waals surface area contributed by atoms with E-state index < -0.39 is 0 Å². The van der Waals surface area contributed by atoms with E-state index in [1.165, 1.54) is 16.3 Å². The lowest BCUT2D eigenvalue weighted by Gasteiger charge is -1.85. The predicted molar refractivity (Wildman–Crippen MR) is 52.2 cm³/mol. The van der Waals surface area contributed by atoms with Gasteiger partial charge in [0.2, 0.25) is 0 Å². The maximum atomic E-state index is 3.36. The molecule has 0 fully saturated rings. The summed E-state index contributed by atoms with van der Waals surface area (Å²) >= 11 is 0. The Morgan fingerprint density at radius 2 is 2.09 bits per heavy atom. The fourth-order valence-electron chi connectivity index (χ4n) is 1.21. The van der Waals surface area contributed by atoms with Gasteiger partial charge < -0.3 is 4.98 Å². The standard InChI is InChI=1S/C9H10NP/c1-11-9-6-7-4-2-3-5-8(7)10-9/h2-6,10-11H,1H3. The van der Waals surface area contributed by atoms with Crippen LogP contribution in [0.15, 0.2) is 30.3 Å². The van der Waals surface area contributed by atoms with Gasteiger partial charge in [0.25, 0.3) is 0 Å². The highest BCUT2D eigenvalue weighted by Gasteiger charge is 1.95. The second-order valence-corrected chi connectivity index (χ2v) is 3.56. The van der Waals surface area contributed by atoms with Gasteiger partial charge in [0.15, 0.2) is 0 Å². The molecule has 0 aliphatic heterocycles. The predicted octanol–water partition coefficient (Wildman–Crippen LogP) is 2.10. The Bertz CT molecular complexity index is 331. The second kappa shape index (κ2) is 2.67. The summed E-state index contributed by atoms with van der Waals surface area (Å²) in [7, 11) is 0.858. The Kier molecular flexibility index (Phi) is 1.67. The van der Waals surface area contributed by atoms with Crippen molar-refractivity contribution in [2.45, 2.75) is 0 Å². The first kappa shape index (κ1) is 6.87. The van der Waals surface area contributed by atoms with Crippen LogP contribution in [0, 0.1) is 0 Å². The molecule has 0 spiro atoms. The number of hydrogen-bond donors (Lipinski definition) is 1. The third-order valence-corrected chi connectivity index (χ3v) is 2.61. The van der Waals surface area contributed by atoms with E-state index in [2.05, 4.69) is 42.0 Å². The monoisotopic (exact) mass is 163 g/mol. The molecule has 11 heavy (non-hydrogen) atoms. The maximum Gasteiger partial charge on any atom is 0.0458 e. The molecule has 0 aliphatic rings. The van der Waals surface area contributed by atoms with Crippen molar-refractivity contribution < 1.29 is 0 Å². The van der Waals surface area contributed by atoms with Gasteiger partial charge in [0.05, 0.1) is 0 Å². The Balaban J connectivity index is 2.69. The number of rotatable bonds is 1. The molecule has 0 amide bonds. The van der Waals surface area contributed by atoms with Crippen molar-refractivity contribution in [2.24, 2.45) is 0 Å². The summed E-state index contributed by atoms with van der Waals surface area (Å²) in [6, 6.07) is 10.6. The molecule has 0 radical (unpaired) electrons. The Hall–Kier alpha value is -0.810. The molecule has 2 aromatic rings. The Morgan fingerprint density at radius 3 is 2.82 bits per heavy atom. The molecule has 0 bridgehead atoms. The lowest BCUT2D eigenvalue weighted by Crippen LogP contribution is -1.89. The lowest BCUT2D eigenvalue weighted by molar-refractivity contribution is 1.55. The van der Waals surface area contributed by atoms with Crippen LogP contribution in [-0.2, 0) is 0 Å². The largest absolute Gasteiger partial charge is 0.355 e. The zero-order valence-corrected chi connectivity index (χ0v) is 7.39. The van der Waals surface area contributed by atoms with Gasteiger partial charge in [0, 0.05) is 16.3 Å². The zero-order valence-electron chi connectivity index (χ0n) is 6.39. The van der Waals surface area contributed by atoms with E-state index in [0.717, 1.165) is 8.58 Å². The quantitative estimate of drug-likeness (QED) is 0.619. The van der Waals surface area contributed by atoms with Crippen molar-refractivity contribution in [1.29, 1.82) is 0 Å². The van der Waals surface area contributed by atoms with Gasteiger partial charge >= 0.3 is 0 Å². The minimum atomic E-state index is 0.858. The first-order valence-electron chi connectivity index (χ1n) is 3.65. The molecule has 1 aromatic carbocycles. The highest BCUT2D eigenvalue weighted by Crippen LogP contribution is 2.13. The van der Waals surface area contributed by atoms with Gasteiger partial charge in [-0.2, -0.15) is 0 Å². The van der Waals surface area contributed by atoms with E-state index in [9.17, 15) is 0 Å². The van der Waals surface area contributed by atoms with E-state index in [4.69, 9.17) is 0 Å². The summed E-state index contributed by atoms with van der Waals surface area (Å²) in [5.74, 6) is 0. The molecule has 2 heteroatoms. The van der Waals surface area contributed by atoms with Gasteiger partial charge in [-0.1, -0.05) is 26.8 Å². The summed E-state index contributed by atoms with van der Waals surface area (Å²) < 4.78 is 0. The SMILES string of the molecule is CPc1cc2ccccc2[nH]1. The summed E-state index contributed by atoms with van der Waals surface area (Å²) in [6.45, 7) is 2.19. The molecule has 0 saturated carbocycles. The van der Waals surface area contributed by atoms with Gasteiger partial charge in [-0.3, -0.25) is 0 Å². The summed E-state index contributed by atoms with van der Waals surface area (Å²) in [5, 5.41) is 1.32.